The summed E-state index contributed by atoms with van der Waals surface area (Å²) in [5.74, 6) is -0.0996. The highest BCUT2D eigenvalue weighted by atomic mass is 35.5. The molecule has 0 radical (unpaired) electrons. The third-order valence-electron chi connectivity index (χ3n) is 2.66. The highest BCUT2D eigenvalue weighted by Crippen LogP contribution is 2.29. The van der Waals surface area contributed by atoms with Crippen LogP contribution in [0.3, 0.4) is 0 Å². The number of nitrogens with one attached hydrogen (secondary N) is 2. The molecule has 0 aliphatic rings. The summed E-state index contributed by atoms with van der Waals surface area (Å²) in [6, 6.07) is 5.01. The van der Waals surface area contributed by atoms with Gasteiger partial charge in [-0.1, -0.05) is 29.3 Å². The molecular formula is C13H19Cl3N2O2. The second-order valence-corrected chi connectivity index (χ2v) is 4.98. The molecule has 0 aliphatic carbocycles. The van der Waals surface area contributed by atoms with Crippen LogP contribution >= 0.6 is 35.6 Å². The first-order chi connectivity index (χ1) is 9.06. The van der Waals surface area contributed by atoms with Crippen LogP contribution in [0, 0.1) is 0 Å². The molecule has 0 aliphatic heterocycles. The summed E-state index contributed by atoms with van der Waals surface area (Å²) < 4.78 is 0. The Bertz CT molecular complexity index is 410. The SMILES string of the molecule is CNCCCC(=O)NCC(O)c1c(Cl)cccc1Cl.Cl. The predicted molar refractivity (Wildman–Crippen MR) is 84.8 cm³/mol. The fourth-order valence-corrected chi connectivity index (χ4v) is 2.31. The van der Waals surface area contributed by atoms with Crippen LogP contribution in [0.4, 0.5) is 0 Å². The molecule has 0 bridgehead atoms. The molecule has 1 amide bonds. The predicted octanol–water partition coefficient (Wildman–Crippen LogP) is 2.56. The fourth-order valence-electron chi connectivity index (χ4n) is 1.66. The molecule has 114 valence electrons. The lowest BCUT2D eigenvalue weighted by Crippen LogP contribution is -2.29. The number of benzene rings is 1. The highest BCUT2D eigenvalue weighted by molar-refractivity contribution is 6.36. The van der Waals surface area contributed by atoms with Crippen LogP contribution in [0.25, 0.3) is 0 Å². The number of aliphatic hydroxyl groups is 1. The first kappa shape index (κ1) is 19.5. The average Bonchev–Trinajstić information content (AvgIpc) is 2.36. The zero-order valence-corrected chi connectivity index (χ0v) is 13.5. The van der Waals surface area contributed by atoms with Crippen LogP contribution in [0.5, 0.6) is 0 Å². The molecule has 0 saturated carbocycles. The molecule has 1 atom stereocenters. The molecule has 1 aromatic rings. The summed E-state index contributed by atoms with van der Waals surface area (Å²) in [5, 5.41) is 16.4. The van der Waals surface area contributed by atoms with E-state index < -0.39 is 6.10 Å². The molecule has 3 N–H and O–H groups in total. The van der Waals surface area contributed by atoms with Gasteiger partial charge in [-0.25, -0.2) is 0 Å². The van der Waals surface area contributed by atoms with Gasteiger partial charge in [0.15, 0.2) is 0 Å². The lowest BCUT2D eigenvalue weighted by atomic mass is 10.1. The van der Waals surface area contributed by atoms with Gasteiger partial charge < -0.3 is 15.7 Å². The standard InChI is InChI=1S/C13H18Cl2N2O2.ClH/c1-16-7-3-6-12(19)17-8-11(18)13-9(14)4-2-5-10(13)15;/h2,4-5,11,16,18H,3,6-8H2,1H3,(H,17,19);1H. The summed E-state index contributed by atoms with van der Waals surface area (Å²) in [4.78, 5) is 11.5. The van der Waals surface area contributed by atoms with Gasteiger partial charge in [-0.15, -0.1) is 12.4 Å². The monoisotopic (exact) mass is 340 g/mol. The van der Waals surface area contributed by atoms with Gasteiger partial charge in [-0.3, -0.25) is 4.79 Å². The van der Waals surface area contributed by atoms with E-state index >= 15 is 0 Å². The van der Waals surface area contributed by atoms with E-state index in [1.807, 2.05) is 7.05 Å². The van der Waals surface area contributed by atoms with E-state index in [0.29, 0.717) is 22.0 Å². The minimum absolute atomic E-state index is 0. The Balaban J connectivity index is 0.00000361. The van der Waals surface area contributed by atoms with E-state index in [-0.39, 0.29) is 24.9 Å². The molecule has 4 nitrogen and oxygen atoms in total. The van der Waals surface area contributed by atoms with Crippen molar-refractivity contribution in [1.29, 1.82) is 0 Å². The van der Waals surface area contributed by atoms with Crippen molar-refractivity contribution in [1.82, 2.24) is 10.6 Å². The van der Waals surface area contributed by atoms with Crippen LogP contribution in [0.1, 0.15) is 24.5 Å². The maximum absolute atomic E-state index is 11.5. The quantitative estimate of drug-likeness (QED) is 0.668. The molecule has 1 unspecified atom stereocenters. The molecule has 7 heteroatoms. The Morgan fingerprint density at radius 2 is 1.95 bits per heavy atom. The first-order valence-corrected chi connectivity index (χ1v) is 6.85. The smallest absolute Gasteiger partial charge is 0.220 e. The zero-order valence-electron chi connectivity index (χ0n) is 11.2. The van der Waals surface area contributed by atoms with E-state index in [1.54, 1.807) is 18.2 Å². The van der Waals surface area contributed by atoms with Crippen LogP contribution < -0.4 is 10.6 Å². The molecule has 0 fully saturated rings. The molecular weight excluding hydrogens is 323 g/mol. The Morgan fingerprint density at radius 3 is 2.50 bits per heavy atom. The third kappa shape index (κ3) is 6.29. The third-order valence-corrected chi connectivity index (χ3v) is 3.32. The first-order valence-electron chi connectivity index (χ1n) is 6.09. The number of hydrogen-bond acceptors (Lipinski definition) is 3. The molecule has 0 saturated heterocycles. The van der Waals surface area contributed by atoms with Gasteiger partial charge in [0.05, 0.1) is 6.10 Å². The van der Waals surface area contributed by atoms with Crippen LogP contribution in [-0.2, 0) is 4.79 Å². The summed E-state index contributed by atoms with van der Waals surface area (Å²) in [6.45, 7) is 0.883. The fraction of sp³-hybridized carbons (Fsp3) is 0.462. The van der Waals surface area contributed by atoms with Crippen molar-refractivity contribution in [3.8, 4) is 0 Å². The number of carbonyl (C=O) groups excluding carboxylic acids is 1. The van der Waals surface area contributed by atoms with Crippen molar-refractivity contribution in [2.75, 3.05) is 20.1 Å². The normalized spacial score (nSPS) is 11.6. The van der Waals surface area contributed by atoms with Crippen LogP contribution in [0.15, 0.2) is 18.2 Å². The molecule has 1 rings (SSSR count). The maximum Gasteiger partial charge on any atom is 0.220 e. The number of halogens is 3. The van der Waals surface area contributed by atoms with Crippen molar-refractivity contribution < 1.29 is 9.90 Å². The van der Waals surface area contributed by atoms with Crippen molar-refractivity contribution >= 4 is 41.5 Å². The minimum atomic E-state index is -0.908. The van der Waals surface area contributed by atoms with Crippen molar-refractivity contribution in [2.45, 2.75) is 18.9 Å². The van der Waals surface area contributed by atoms with Gasteiger partial charge in [-0.2, -0.15) is 0 Å². The second-order valence-electron chi connectivity index (χ2n) is 4.16. The van der Waals surface area contributed by atoms with E-state index in [1.165, 1.54) is 0 Å². The number of aliphatic hydroxyl groups excluding tert-OH is 1. The maximum atomic E-state index is 11.5. The largest absolute Gasteiger partial charge is 0.386 e. The molecule has 0 heterocycles. The summed E-state index contributed by atoms with van der Waals surface area (Å²) in [6.07, 6.45) is 0.268. The second kappa shape index (κ2) is 10.2. The van der Waals surface area contributed by atoms with Gasteiger partial charge in [0, 0.05) is 28.6 Å². The van der Waals surface area contributed by atoms with Gasteiger partial charge >= 0.3 is 0 Å². The van der Waals surface area contributed by atoms with Crippen molar-refractivity contribution in [2.24, 2.45) is 0 Å². The number of rotatable bonds is 7. The van der Waals surface area contributed by atoms with Gasteiger partial charge in [-0.05, 0) is 32.1 Å². The lowest BCUT2D eigenvalue weighted by Gasteiger charge is -2.15. The Hall–Kier alpha value is -0.520. The molecule has 0 aromatic heterocycles. The Kier molecular flexibility index (Phi) is 9.98. The molecule has 1 aromatic carbocycles. The number of amides is 1. The summed E-state index contributed by atoms with van der Waals surface area (Å²) >= 11 is 12.0. The number of hydrogen-bond donors (Lipinski definition) is 3. The van der Waals surface area contributed by atoms with Crippen molar-refractivity contribution in [3.05, 3.63) is 33.8 Å². The van der Waals surface area contributed by atoms with E-state index in [4.69, 9.17) is 23.2 Å². The molecule has 20 heavy (non-hydrogen) atoms. The number of carbonyl (C=O) groups is 1. The van der Waals surface area contributed by atoms with E-state index in [9.17, 15) is 9.90 Å². The lowest BCUT2D eigenvalue weighted by molar-refractivity contribution is -0.121. The van der Waals surface area contributed by atoms with Crippen molar-refractivity contribution in [3.63, 3.8) is 0 Å². The topological polar surface area (TPSA) is 61.4 Å². The Labute approximate surface area is 135 Å². The van der Waals surface area contributed by atoms with E-state index in [0.717, 1.165) is 13.0 Å². The minimum Gasteiger partial charge on any atom is -0.386 e. The average molecular weight is 342 g/mol. The molecule has 0 spiro atoms. The van der Waals surface area contributed by atoms with Crippen LogP contribution in [-0.4, -0.2) is 31.2 Å². The highest BCUT2D eigenvalue weighted by Gasteiger charge is 2.16. The van der Waals surface area contributed by atoms with Gasteiger partial charge in [0.1, 0.15) is 0 Å². The zero-order chi connectivity index (χ0) is 14.3. The summed E-state index contributed by atoms with van der Waals surface area (Å²) in [7, 11) is 1.83. The van der Waals surface area contributed by atoms with Gasteiger partial charge in [0.2, 0.25) is 5.91 Å². The Morgan fingerprint density at radius 1 is 1.35 bits per heavy atom. The van der Waals surface area contributed by atoms with Gasteiger partial charge in [0.25, 0.3) is 0 Å². The summed E-state index contributed by atoms with van der Waals surface area (Å²) in [5.41, 5.74) is 0.446. The van der Waals surface area contributed by atoms with E-state index in [2.05, 4.69) is 10.6 Å². The van der Waals surface area contributed by atoms with Crippen LogP contribution in [0.2, 0.25) is 10.0 Å².